The molecule has 4 rings (SSSR count). The molecule has 33 heavy (non-hydrogen) atoms. The Morgan fingerprint density at radius 2 is 1.91 bits per heavy atom. The summed E-state index contributed by atoms with van der Waals surface area (Å²) in [5.41, 5.74) is 1.54. The third-order valence-electron chi connectivity index (χ3n) is 5.45. The highest BCUT2D eigenvalue weighted by Crippen LogP contribution is 2.31. The first-order valence-electron chi connectivity index (χ1n) is 10.4. The highest BCUT2D eigenvalue weighted by molar-refractivity contribution is 7.89. The van der Waals surface area contributed by atoms with Gasteiger partial charge in [0.2, 0.25) is 10.0 Å². The maximum absolute atomic E-state index is 13.2. The average Bonchev–Trinajstić information content (AvgIpc) is 3.09. The number of sulfonamides is 1. The summed E-state index contributed by atoms with van der Waals surface area (Å²) < 4.78 is 69.6. The molecule has 0 fully saturated rings. The molecule has 12 heteroatoms. The minimum atomic E-state index is -4.55. The van der Waals surface area contributed by atoms with E-state index in [4.69, 9.17) is 0 Å². The summed E-state index contributed by atoms with van der Waals surface area (Å²) in [7, 11) is -4.26. The molecule has 1 N–H and O–H groups in total. The number of fused-ring (bicyclic) bond motifs is 1. The van der Waals surface area contributed by atoms with Crippen molar-refractivity contribution in [2.75, 3.05) is 11.4 Å². The van der Waals surface area contributed by atoms with Crippen molar-refractivity contribution in [3.8, 4) is 0 Å². The van der Waals surface area contributed by atoms with E-state index < -0.39 is 28.7 Å². The van der Waals surface area contributed by atoms with Crippen molar-refractivity contribution in [1.29, 1.82) is 0 Å². The molecule has 0 saturated carbocycles. The molecule has 0 radical (unpaired) electrons. The molecule has 3 aromatic rings. The van der Waals surface area contributed by atoms with Gasteiger partial charge in [-0.3, -0.25) is 0 Å². The van der Waals surface area contributed by atoms with E-state index >= 15 is 0 Å². The molecular weight excluding hydrogens is 457 g/mol. The smallest absolute Gasteiger partial charge is 0.351 e. The number of nitrogens with one attached hydrogen (secondary N) is 1. The number of hydrogen-bond acceptors (Lipinski definition) is 6. The number of anilines is 1. The molecule has 8 nitrogen and oxygen atoms in total. The lowest BCUT2D eigenvalue weighted by atomic mass is 10.1. The van der Waals surface area contributed by atoms with Gasteiger partial charge in [-0.1, -0.05) is 35.5 Å². The molecule has 1 aromatic carbocycles. The Hall–Kier alpha value is -2.99. The Balaban J connectivity index is 1.58. The third kappa shape index (κ3) is 5.50. The number of aryl methyl sites for hydroxylation is 2. The lowest BCUT2D eigenvalue weighted by molar-refractivity contribution is -0.139. The van der Waals surface area contributed by atoms with Gasteiger partial charge in [-0.15, -0.1) is 5.10 Å². The quantitative estimate of drug-likeness (QED) is 0.582. The van der Waals surface area contributed by atoms with Crippen molar-refractivity contribution in [1.82, 2.24) is 24.7 Å². The second kappa shape index (κ2) is 9.10. The van der Waals surface area contributed by atoms with E-state index in [0.29, 0.717) is 24.5 Å². The van der Waals surface area contributed by atoms with E-state index in [1.165, 1.54) is 18.3 Å². The minimum absolute atomic E-state index is 0.157. The first-order valence-corrected chi connectivity index (χ1v) is 11.8. The van der Waals surface area contributed by atoms with Gasteiger partial charge in [-0.2, -0.15) is 13.2 Å². The fraction of sp³-hybridized carbons (Fsp3) is 0.381. The number of alkyl halides is 3. The molecule has 2 aromatic heterocycles. The maximum Gasteiger partial charge on any atom is 0.390 e. The van der Waals surface area contributed by atoms with Gasteiger partial charge in [0.15, 0.2) is 0 Å². The topological polar surface area (TPSA) is 93.0 Å². The van der Waals surface area contributed by atoms with Crippen molar-refractivity contribution < 1.29 is 21.6 Å². The van der Waals surface area contributed by atoms with Gasteiger partial charge >= 0.3 is 6.18 Å². The van der Waals surface area contributed by atoms with E-state index in [9.17, 15) is 21.6 Å². The second-order valence-corrected chi connectivity index (χ2v) is 9.62. The molecule has 1 atom stereocenters. The number of rotatable bonds is 6. The predicted molar refractivity (Wildman–Crippen MR) is 115 cm³/mol. The monoisotopic (exact) mass is 480 g/mol. The Kier molecular flexibility index (Phi) is 6.39. The summed E-state index contributed by atoms with van der Waals surface area (Å²) in [4.78, 5) is 6.16. The largest absolute Gasteiger partial charge is 0.390 e. The fourth-order valence-electron chi connectivity index (χ4n) is 3.85. The van der Waals surface area contributed by atoms with Gasteiger partial charge in [0.1, 0.15) is 10.7 Å². The molecule has 1 unspecified atom stereocenters. The molecular formula is C21H23F3N6O2S. The SMILES string of the molecule is Cc1cc(N2CCCn3nncc3C2)ncc1S(=O)(=O)NC(CC(F)(F)F)c1ccccc1. The van der Waals surface area contributed by atoms with E-state index in [1.807, 2.05) is 9.58 Å². The standard InChI is InChI=1S/C21H23F3N6O2S/c1-15-10-20(29-8-5-9-30-17(14-29)12-26-28-30)25-13-19(15)33(31,32)27-18(11-21(22,23)24)16-6-3-2-4-7-16/h2-4,6-7,10,12-13,18,27H,5,8-9,11,14H2,1H3. The second-order valence-electron chi connectivity index (χ2n) is 7.94. The van der Waals surface area contributed by atoms with Crippen LogP contribution in [0.3, 0.4) is 0 Å². The van der Waals surface area contributed by atoms with Crippen LogP contribution in [0.2, 0.25) is 0 Å². The van der Waals surface area contributed by atoms with Gasteiger partial charge in [0.05, 0.1) is 30.9 Å². The van der Waals surface area contributed by atoms with Crippen LogP contribution in [0.4, 0.5) is 19.0 Å². The van der Waals surface area contributed by atoms with Crippen LogP contribution in [-0.2, 0) is 23.1 Å². The highest BCUT2D eigenvalue weighted by atomic mass is 32.2. The van der Waals surface area contributed by atoms with Crippen molar-refractivity contribution >= 4 is 15.8 Å². The molecule has 0 amide bonds. The summed E-state index contributed by atoms with van der Waals surface area (Å²) in [5, 5.41) is 7.95. The molecule has 0 bridgehead atoms. The van der Waals surface area contributed by atoms with Gasteiger partial charge < -0.3 is 4.90 Å². The van der Waals surface area contributed by atoms with Crippen molar-refractivity contribution in [3.05, 3.63) is 65.6 Å². The Morgan fingerprint density at radius 1 is 1.15 bits per heavy atom. The van der Waals surface area contributed by atoms with Crippen LogP contribution in [-0.4, -0.2) is 41.1 Å². The normalized spacial score (nSPS) is 15.7. The summed E-state index contributed by atoms with van der Waals surface area (Å²) in [6.07, 6.45) is -2.18. The number of benzene rings is 1. The lowest BCUT2D eigenvalue weighted by Gasteiger charge is -2.23. The maximum atomic E-state index is 13.2. The Morgan fingerprint density at radius 3 is 2.61 bits per heavy atom. The lowest BCUT2D eigenvalue weighted by Crippen LogP contribution is -2.32. The van der Waals surface area contributed by atoms with Gasteiger partial charge in [-0.05, 0) is 30.5 Å². The molecule has 0 saturated heterocycles. The number of hydrogen-bond donors (Lipinski definition) is 1. The van der Waals surface area contributed by atoms with Crippen LogP contribution < -0.4 is 9.62 Å². The average molecular weight is 481 g/mol. The zero-order chi connectivity index (χ0) is 23.6. The van der Waals surface area contributed by atoms with Crippen molar-refractivity contribution in [3.63, 3.8) is 0 Å². The molecule has 176 valence electrons. The first kappa shape index (κ1) is 23.2. The van der Waals surface area contributed by atoms with E-state index in [1.54, 1.807) is 37.4 Å². The Labute approximate surface area is 189 Å². The molecule has 3 heterocycles. The molecule has 0 aliphatic carbocycles. The Bertz CT molecular complexity index is 1210. The van der Waals surface area contributed by atoms with Crippen molar-refractivity contribution in [2.45, 2.75) is 50.0 Å². The van der Waals surface area contributed by atoms with Gasteiger partial charge in [-0.25, -0.2) is 22.8 Å². The van der Waals surface area contributed by atoms with E-state index in [2.05, 4.69) is 20.0 Å². The third-order valence-corrected chi connectivity index (χ3v) is 7.05. The highest BCUT2D eigenvalue weighted by Gasteiger charge is 2.35. The number of halogens is 3. The van der Waals surface area contributed by atoms with Gasteiger partial charge in [0.25, 0.3) is 0 Å². The fourth-order valence-corrected chi connectivity index (χ4v) is 5.24. The van der Waals surface area contributed by atoms with Crippen LogP contribution in [0, 0.1) is 6.92 Å². The van der Waals surface area contributed by atoms with Crippen LogP contribution in [0.25, 0.3) is 0 Å². The van der Waals surface area contributed by atoms with E-state index in [-0.39, 0.29) is 10.5 Å². The van der Waals surface area contributed by atoms with E-state index in [0.717, 1.165) is 18.7 Å². The van der Waals surface area contributed by atoms with Gasteiger partial charge in [0, 0.05) is 19.3 Å². The zero-order valence-electron chi connectivity index (χ0n) is 17.8. The number of nitrogens with zero attached hydrogens (tertiary/aromatic N) is 5. The summed E-state index contributed by atoms with van der Waals surface area (Å²) in [6, 6.07) is 7.90. The first-order chi connectivity index (χ1) is 15.6. The van der Waals surface area contributed by atoms with Crippen LogP contribution in [0.15, 0.2) is 53.7 Å². The van der Waals surface area contributed by atoms with Crippen LogP contribution >= 0.6 is 0 Å². The molecule has 1 aliphatic rings. The summed E-state index contributed by atoms with van der Waals surface area (Å²) >= 11 is 0. The van der Waals surface area contributed by atoms with Crippen molar-refractivity contribution in [2.24, 2.45) is 0 Å². The van der Waals surface area contributed by atoms with Crippen LogP contribution in [0.1, 0.15) is 35.7 Å². The number of pyridine rings is 1. The predicted octanol–water partition coefficient (Wildman–Crippen LogP) is 3.36. The number of aromatic nitrogens is 4. The minimum Gasteiger partial charge on any atom is -0.351 e. The molecule has 1 aliphatic heterocycles. The zero-order valence-corrected chi connectivity index (χ0v) is 18.6. The summed E-state index contributed by atoms with van der Waals surface area (Å²) in [6.45, 7) is 3.54. The molecule has 0 spiro atoms. The summed E-state index contributed by atoms with van der Waals surface area (Å²) in [5.74, 6) is 0.580. The van der Waals surface area contributed by atoms with Crippen LogP contribution in [0.5, 0.6) is 0 Å².